The van der Waals surface area contributed by atoms with Gasteiger partial charge in [-0.05, 0) is 48.4 Å². The van der Waals surface area contributed by atoms with Crippen molar-refractivity contribution in [3.05, 3.63) is 67.2 Å². The highest BCUT2D eigenvalue weighted by Crippen LogP contribution is 2.38. The highest BCUT2D eigenvalue weighted by Gasteiger charge is 2.17. The van der Waals surface area contributed by atoms with E-state index in [4.69, 9.17) is 14.2 Å². The summed E-state index contributed by atoms with van der Waals surface area (Å²) in [7, 11) is 4.70. The number of rotatable bonds is 5. The Bertz CT molecular complexity index is 1240. The molecule has 0 aliphatic carbocycles. The Morgan fingerprint density at radius 2 is 1.80 bits per heavy atom. The van der Waals surface area contributed by atoms with E-state index in [0.717, 1.165) is 16.1 Å². The molecule has 156 valence electrons. The number of hydrogen-bond acceptors (Lipinski definition) is 7. The fourth-order valence-corrected chi connectivity index (χ4v) is 4.40. The first-order valence-electron chi connectivity index (χ1n) is 9.41. The number of anilines is 1. The summed E-state index contributed by atoms with van der Waals surface area (Å²) in [5.74, 6) is 1.60. The molecular formula is C22H23N3O4S. The molecule has 0 bridgehead atoms. The Morgan fingerprint density at radius 3 is 2.43 bits per heavy atom. The van der Waals surface area contributed by atoms with E-state index in [1.165, 1.54) is 16.9 Å². The third-order valence-electron chi connectivity index (χ3n) is 4.93. The Balaban J connectivity index is 1.74. The molecule has 0 unspecified atom stereocenters. The Labute approximate surface area is 178 Å². The largest absolute Gasteiger partial charge is 0.493 e. The second-order valence-electron chi connectivity index (χ2n) is 6.90. The molecule has 0 atom stereocenters. The lowest BCUT2D eigenvalue weighted by Crippen LogP contribution is -2.42. The van der Waals surface area contributed by atoms with Crippen LogP contribution in [-0.2, 0) is 6.67 Å². The van der Waals surface area contributed by atoms with Crippen LogP contribution >= 0.6 is 11.3 Å². The molecule has 1 aliphatic heterocycles. The maximum absolute atomic E-state index is 13.1. The molecule has 30 heavy (non-hydrogen) atoms. The molecule has 7 nitrogen and oxygen atoms in total. The highest BCUT2D eigenvalue weighted by molar-refractivity contribution is 7.07. The smallest absolute Gasteiger partial charge is 0.271 e. The number of nitrogens with zero attached hydrogens (tertiary/aromatic N) is 3. The van der Waals surface area contributed by atoms with E-state index in [1.54, 1.807) is 25.9 Å². The summed E-state index contributed by atoms with van der Waals surface area (Å²) in [6.45, 7) is 3.05. The van der Waals surface area contributed by atoms with Gasteiger partial charge in [0.15, 0.2) is 16.3 Å². The Morgan fingerprint density at radius 1 is 1.07 bits per heavy atom. The van der Waals surface area contributed by atoms with Crippen LogP contribution in [0.3, 0.4) is 0 Å². The molecule has 2 heterocycles. The van der Waals surface area contributed by atoms with Crippen molar-refractivity contribution >= 4 is 23.1 Å². The fourth-order valence-electron chi connectivity index (χ4n) is 3.44. The quantitative estimate of drug-likeness (QED) is 0.627. The lowest BCUT2D eigenvalue weighted by molar-refractivity contribution is 0.324. The van der Waals surface area contributed by atoms with Crippen molar-refractivity contribution in [1.29, 1.82) is 0 Å². The van der Waals surface area contributed by atoms with Crippen LogP contribution in [0.5, 0.6) is 17.2 Å². The number of benzene rings is 2. The van der Waals surface area contributed by atoms with Gasteiger partial charge < -0.3 is 19.1 Å². The average Bonchev–Trinajstić information content (AvgIpc) is 3.07. The van der Waals surface area contributed by atoms with E-state index in [9.17, 15) is 4.79 Å². The standard InChI is InChI=1S/C22H23N3O4S/c1-14-6-5-7-16(8-14)24-12-23-22-25(13-24)21(26)19(30-22)11-15-9-17(27-2)20(29-4)18(10-15)28-3/h5-11H,12-13H2,1-4H3/b19-11-. The molecule has 0 saturated carbocycles. The monoisotopic (exact) mass is 425 g/mol. The van der Waals surface area contributed by atoms with Crippen molar-refractivity contribution in [2.75, 3.05) is 32.9 Å². The Kier molecular flexibility index (Phi) is 5.50. The zero-order valence-electron chi connectivity index (χ0n) is 17.3. The van der Waals surface area contributed by atoms with Crippen molar-refractivity contribution in [2.24, 2.45) is 4.99 Å². The topological polar surface area (TPSA) is 65.3 Å². The highest BCUT2D eigenvalue weighted by atomic mass is 32.1. The van der Waals surface area contributed by atoms with Gasteiger partial charge in [-0.3, -0.25) is 9.36 Å². The van der Waals surface area contributed by atoms with E-state index in [2.05, 4.69) is 28.9 Å². The van der Waals surface area contributed by atoms with E-state index in [-0.39, 0.29) is 5.56 Å². The van der Waals surface area contributed by atoms with Gasteiger partial charge in [0, 0.05) is 5.69 Å². The van der Waals surface area contributed by atoms with Gasteiger partial charge in [-0.15, -0.1) is 0 Å². The molecule has 2 aromatic carbocycles. The van der Waals surface area contributed by atoms with E-state index >= 15 is 0 Å². The summed E-state index contributed by atoms with van der Waals surface area (Å²) in [5, 5.41) is 0. The predicted octanol–water partition coefficient (Wildman–Crippen LogP) is 2.13. The van der Waals surface area contributed by atoms with Crippen molar-refractivity contribution in [3.8, 4) is 17.2 Å². The van der Waals surface area contributed by atoms with Crippen LogP contribution in [-0.4, -0.2) is 32.6 Å². The molecule has 0 spiro atoms. The molecule has 1 aliphatic rings. The van der Waals surface area contributed by atoms with Crippen LogP contribution in [0.2, 0.25) is 0 Å². The number of aryl methyl sites for hydroxylation is 1. The second kappa shape index (κ2) is 8.23. The number of fused-ring (bicyclic) bond motifs is 1. The molecule has 0 N–H and O–H groups in total. The van der Waals surface area contributed by atoms with Crippen LogP contribution in [0.25, 0.3) is 6.08 Å². The maximum atomic E-state index is 13.1. The van der Waals surface area contributed by atoms with Crippen molar-refractivity contribution in [2.45, 2.75) is 13.6 Å². The molecule has 0 radical (unpaired) electrons. The van der Waals surface area contributed by atoms with Crippen LogP contribution in [0.15, 0.2) is 46.2 Å². The summed E-state index contributed by atoms with van der Waals surface area (Å²) in [4.78, 5) is 20.5. The minimum atomic E-state index is -0.0649. The first-order valence-corrected chi connectivity index (χ1v) is 10.2. The second-order valence-corrected chi connectivity index (χ2v) is 7.91. The predicted molar refractivity (Wildman–Crippen MR) is 118 cm³/mol. The van der Waals surface area contributed by atoms with Gasteiger partial charge in [0.25, 0.3) is 5.56 Å². The number of thiazole rings is 1. The summed E-state index contributed by atoms with van der Waals surface area (Å²) in [6.07, 6.45) is 1.83. The molecule has 0 amide bonds. The molecule has 8 heteroatoms. The van der Waals surface area contributed by atoms with Gasteiger partial charge in [0.2, 0.25) is 5.75 Å². The van der Waals surface area contributed by atoms with E-state index in [1.807, 2.05) is 30.3 Å². The van der Waals surface area contributed by atoms with Crippen molar-refractivity contribution in [1.82, 2.24) is 4.57 Å². The van der Waals surface area contributed by atoms with Crippen LogP contribution in [0.1, 0.15) is 11.1 Å². The number of ether oxygens (including phenoxy) is 3. The zero-order valence-corrected chi connectivity index (χ0v) is 18.2. The molecule has 0 saturated heterocycles. The van der Waals surface area contributed by atoms with Crippen LogP contribution in [0, 0.1) is 6.92 Å². The minimum Gasteiger partial charge on any atom is -0.493 e. The summed E-state index contributed by atoms with van der Waals surface area (Å²) in [6, 6.07) is 11.8. The SMILES string of the molecule is COc1cc(/C=c2\sc3n(c2=O)CN(c2cccc(C)c2)CN=3)cc(OC)c1OC. The molecule has 0 fully saturated rings. The first-order chi connectivity index (χ1) is 14.5. The van der Waals surface area contributed by atoms with Crippen molar-refractivity contribution in [3.63, 3.8) is 0 Å². The number of methoxy groups -OCH3 is 3. The third-order valence-corrected chi connectivity index (χ3v) is 5.97. The van der Waals surface area contributed by atoms with Gasteiger partial charge >= 0.3 is 0 Å². The van der Waals surface area contributed by atoms with Gasteiger partial charge in [0.1, 0.15) is 13.3 Å². The maximum Gasteiger partial charge on any atom is 0.271 e. The summed E-state index contributed by atoms with van der Waals surface area (Å²) in [5.41, 5.74) is 2.95. The lowest BCUT2D eigenvalue weighted by Gasteiger charge is -2.25. The molecule has 1 aromatic heterocycles. The number of aromatic nitrogens is 1. The zero-order chi connectivity index (χ0) is 21.3. The van der Waals surface area contributed by atoms with Gasteiger partial charge in [-0.25, -0.2) is 4.99 Å². The summed E-state index contributed by atoms with van der Waals surface area (Å²) < 4.78 is 18.5. The minimum absolute atomic E-state index is 0.0649. The van der Waals surface area contributed by atoms with E-state index < -0.39 is 0 Å². The van der Waals surface area contributed by atoms with Crippen molar-refractivity contribution < 1.29 is 14.2 Å². The van der Waals surface area contributed by atoms with E-state index in [0.29, 0.717) is 35.1 Å². The van der Waals surface area contributed by atoms with Crippen LogP contribution in [0.4, 0.5) is 5.69 Å². The Hall–Kier alpha value is -3.26. The summed E-state index contributed by atoms with van der Waals surface area (Å²) >= 11 is 1.38. The van der Waals surface area contributed by atoms with Gasteiger partial charge in [-0.2, -0.15) is 0 Å². The lowest BCUT2D eigenvalue weighted by atomic mass is 10.1. The molecule has 3 aromatic rings. The molecular weight excluding hydrogens is 402 g/mol. The average molecular weight is 426 g/mol. The van der Waals surface area contributed by atoms with Gasteiger partial charge in [0.05, 0.1) is 25.9 Å². The third kappa shape index (κ3) is 3.66. The normalized spacial score (nSPS) is 13.6. The number of hydrogen-bond donors (Lipinski definition) is 0. The molecule has 4 rings (SSSR count). The van der Waals surface area contributed by atoms with Gasteiger partial charge in [-0.1, -0.05) is 23.5 Å². The first kappa shape index (κ1) is 20.0. The fraction of sp³-hybridized carbons (Fsp3) is 0.273. The van der Waals surface area contributed by atoms with Crippen LogP contribution < -0.4 is 34.0 Å².